The van der Waals surface area contributed by atoms with Crippen LogP contribution in [0.3, 0.4) is 0 Å². The Balaban J connectivity index is 2.34. The molecule has 0 aliphatic heterocycles. The summed E-state index contributed by atoms with van der Waals surface area (Å²) in [6.45, 7) is 0. The molecular formula is C9H8N4S. The molecule has 0 N–H and O–H groups in total. The zero-order valence-corrected chi connectivity index (χ0v) is 8.22. The monoisotopic (exact) mass is 204 g/mol. The van der Waals surface area contributed by atoms with Crippen molar-refractivity contribution in [3.63, 3.8) is 0 Å². The first-order valence-corrected chi connectivity index (χ1v) is 4.72. The van der Waals surface area contributed by atoms with E-state index in [1.54, 1.807) is 30.9 Å². The van der Waals surface area contributed by atoms with Crippen molar-refractivity contribution in [2.24, 2.45) is 0 Å². The number of thiol groups is 1. The third-order valence-electron chi connectivity index (χ3n) is 1.66. The molecule has 0 unspecified atom stereocenters. The standard InChI is InChI=1S/C9H8N4S/c14-6-7-4-13-8(5-12-7)9-10-2-1-3-11-9/h1-5,14H,6H2. The van der Waals surface area contributed by atoms with Crippen LogP contribution in [-0.4, -0.2) is 19.9 Å². The Labute approximate surface area is 86.9 Å². The van der Waals surface area contributed by atoms with Gasteiger partial charge in [-0.05, 0) is 6.07 Å². The summed E-state index contributed by atoms with van der Waals surface area (Å²) in [5, 5.41) is 0. The van der Waals surface area contributed by atoms with Gasteiger partial charge in [0.25, 0.3) is 0 Å². The summed E-state index contributed by atoms with van der Waals surface area (Å²) in [5.41, 5.74) is 1.52. The highest BCUT2D eigenvalue weighted by Crippen LogP contribution is 2.08. The van der Waals surface area contributed by atoms with Crippen LogP contribution < -0.4 is 0 Å². The lowest BCUT2D eigenvalue weighted by Gasteiger charge is -1.98. The molecule has 0 radical (unpaired) electrons. The maximum atomic E-state index is 4.18. The molecule has 2 aromatic heterocycles. The number of aromatic nitrogens is 4. The van der Waals surface area contributed by atoms with Crippen molar-refractivity contribution in [2.45, 2.75) is 5.75 Å². The predicted octanol–water partition coefficient (Wildman–Crippen LogP) is 1.36. The van der Waals surface area contributed by atoms with E-state index in [0.29, 0.717) is 17.3 Å². The van der Waals surface area contributed by atoms with Gasteiger partial charge in [0.1, 0.15) is 5.69 Å². The number of rotatable bonds is 2. The molecule has 5 heteroatoms. The third-order valence-corrected chi connectivity index (χ3v) is 1.99. The Morgan fingerprint density at radius 1 is 1.00 bits per heavy atom. The van der Waals surface area contributed by atoms with Gasteiger partial charge >= 0.3 is 0 Å². The fourth-order valence-electron chi connectivity index (χ4n) is 0.983. The summed E-state index contributed by atoms with van der Waals surface area (Å²) in [4.78, 5) is 16.5. The van der Waals surface area contributed by atoms with Gasteiger partial charge in [0, 0.05) is 18.1 Å². The molecule has 70 valence electrons. The second-order valence-corrected chi connectivity index (χ2v) is 2.94. The molecule has 0 bridgehead atoms. The van der Waals surface area contributed by atoms with Crippen molar-refractivity contribution >= 4 is 12.6 Å². The van der Waals surface area contributed by atoms with Gasteiger partial charge in [0.15, 0.2) is 5.82 Å². The Morgan fingerprint density at radius 3 is 2.36 bits per heavy atom. The van der Waals surface area contributed by atoms with E-state index >= 15 is 0 Å². The van der Waals surface area contributed by atoms with E-state index in [1.807, 2.05) is 0 Å². The van der Waals surface area contributed by atoms with Gasteiger partial charge in [-0.3, -0.25) is 4.98 Å². The highest BCUT2D eigenvalue weighted by molar-refractivity contribution is 7.79. The van der Waals surface area contributed by atoms with Gasteiger partial charge in [0.2, 0.25) is 0 Å². The molecule has 0 amide bonds. The largest absolute Gasteiger partial charge is 0.256 e. The molecular weight excluding hydrogens is 196 g/mol. The second-order valence-electron chi connectivity index (χ2n) is 2.62. The van der Waals surface area contributed by atoms with Gasteiger partial charge in [0.05, 0.1) is 18.1 Å². The maximum absolute atomic E-state index is 4.18. The average Bonchev–Trinajstić information content (AvgIpc) is 2.30. The molecule has 0 spiro atoms. The van der Waals surface area contributed by atoms with E-state index in [1.165, 1.54) is 0 Å². The van der Waals surface area contributed by atoms with Crippen LogP contribution in [0.4, 0.5) is 0 Å². The zero-order chi connectivity index (χ0) is 9.80. The lowest BCUT2D eigenvalue weighted by molar-refractivity contribution is 1.07. The van der Waals surface area contributed by atoms with Gasteiger partial charge < -0.3 is 0 Å². The minimum absolute atomic E-state index is 0.586. The van der Waals surface area contributed by atoms with Crippen LogP contribution in [0.5, 0.6) is 0 Å². The second kappa shape index (κ2) is 4.15. The lowest BCUT2D eigenvalue weighted by Crippen LogP contribution is -1.93. The summed E-state index contributed by atoms with van der Waals surface area (Å²) >= 11 is 4.10. The Bertz CT molecular complexity index is 401. The van der Waals surface area contributed by atoms with E-state index in [9.17, 15) is 0 Å². The Hall–Kier alpha value is -1.49. The molecule has 4 nitrogen and oxygen atoms in total. The van der Waals surface area contributed by atoms with Crippen LogP contribution in [0.25, 0.3) is 11.5 Å². The van der Waals surface area contributed by atoms with Crippen molar-refractivity contribution in [1.82, 2.24) is 19.9 Å². The van der Waals surface area contributed by atoms with Gasteiger partial charge in [-0.1, -0.05) is 0 Å². The van der Waals surface area contributed by atoms with E-state index in [-0.39, 0.29) is 0 Å². The molecule has 0 atom stereocenters. The Morgan fingerprint density at radius 2 is 1.79 bits per heavy atom. The lowest BCUT2D eigenvalue weighted by atomic mass is 10.4. The third kappa shape index (κ3) is 1.88. The van der Waals surface area contributed by atoms with Crippen molar-refractivity contribution in [3.8, 4) is 11.5 Å². The predicted molar refractivity (Wildman–Crippen MR) is 55.7 cm³/mol. The van der Waals surface area contributed by atoms with Crippen LogP contribution in [-0.2, 0) is 5.75 Å². The first-order valence-electron chi connectivity index (χ1n) is 4.09. The molecule has 14 heavy (non-hydrogen) atoms. The molecule has 2 heterocycles. The van der Waals surface area contributed by atoms with Crippen molar-refractivity contribution in [1.29, 1.82) is 0 Å². The highest BCUT2D eigenvalue weighted by atomic mass is 32.1. The van der Waals surface area contributed by atoms with Crippen LogP contribution in [0.2, 0.25) is 0 Å². The SMILES string of the molecule is SCc1cnc(-c2ncccn2)cn1. The minimum atomic E-state index is 0.586. The normalized spacial score (nSPS) is 10.1. The summed E-state index contributed by atoms with van der Waals surface area (Å²) < 4.78 is 0. The summed E-state index contributed by atoms with van der Waals surface area (Å²) in [7, 11) is 0. The molecule has 0 saturated heterocycles. The molecule has 0 saturated carbocycles. The molecule has 0 aromatic carbocycles. The van der Waals surface area contributed by atoms with Crippen LogP contribution in [0.1, 0.15) is 5.69 Å². The molecule has 2 aromatic rings. The average molecular weight is 204 g/mol. The van der Waals surface area contributed by atoms with Crippen molar-refractivity contribution in [2.75, 3.05) is 0 Å². The number of hydrogen-bond donors (Lipinski definition) is 1. The minimum Gasteiger partial charge on any atom is -0.256 e. The zero-order valence-electron chi connectivity index (χ0n) is 7.33. The van der Waals surface area contributed by atoms with Crippen LogP contribution >= 0.6 is 12.6 Å². The van der Waals surface area contributed by atoms with E-state index in [0.717, 1.165) is 5.69 Å². The summed E-state index contributed by atoms with van der Waals surface area (Å²) in [6.07, 6.45) is 6.69. The highest BCUT2D eigenvalue weighted by Gasteiger charge is 2.01. The van der Waals surface area contributed by atoms with Gasteiger partial charge in [-0.15, -0.1) is 0 Å². The molecule has 0 fully saturated rings. The van der Waals surface area contributed by atoms with Gasteiger partial charge in [-0.25, -0.2) is 15.0 Å². The van der Waals surface area contributed by atoms with Crippen molar-refractivity contribution < 1.29 is 0 Å². The van der Waals surface area contributed by atoms with E-state index in [2.05, 4.69) is 32.6 Å². The first-order chi connectivity index (χ1) is 6.90. The smallest absolute Gasteiger partial charge is 0.179 e. The van der Waals surface area contributed by atoms with E-state index < -0.39 is 0 Å². The first kappa shape index (κ1) is 9.08. The molecule has 2 rings (SSSR count). The molecule has 0 aliphatic rings. The van der Waals surface area contributed by atoms with Crippen LogP contribution in [0.15, 0.2) is 30.9 Å². The molecule has 0 aliphatic carbocycles. The maximum Gasteiger partial charge on any atom is 0.179 e. The van der Waals surface area contributed by atoms with Crippen molar-refractivity contribution in [3.05, 3.63) is 36.5 Å². The topological polar surface area (TPSA) is 51.6 Å². The fraction of sp³-hybridized carbons (Fsp3) is 0.111. The summed E-state index contributed by atoms with van der Waals surface area (Å²) in [5.74, 6) is 1.17. The van der Waals surface area contributed by atoms with Gasteiger partial charge in [-0.2, -0.15) is 12.6 Å². The van der Waals surface area contributed by atoms with E-state index in [4.69, 9.17) is 0 Å². The quantitative estimate of drug-likeness (QED) is 0.750. The summed E-state index contributed by atoms with van der Waals surface area (Å²) in [6, 6.07) is 1.76. The Kier molecular flexibility index (Phi) is 2.69. The fourth-order valence-corrected chi connectivity index (χ4v) is 1.15. The number of nitrogens with zero attached hydrogens (tertiary/aromatic N) is 4. The number of hydrogen-bond acceptors (Lipinski definition) is 5. The van der Waals surface area contributed by atoms with Crippen LogP contribution in [0, 0.1) is 0 Å².